The molecule has 1 amide bonds. The van der Waals surface area contributed by atoms with Gasteiger partial charge in [0.05, 0.1) is 11.4 Å². The topological polar surface area (TPSA) is 72.9 Å². The summed E-state index contributed by atoms with van der Waals surface area (Å²) in [7, 11) is 1.72. The molecule has 0 aliphatic rings. The van der Waals surface area contributed by atoms with Crippen LogP contribution in [0.3, 0.4) is 0 Å². The number of aromatic nitrogens is 2. The lowest BCUT2D eigenvalue weighted by atomic mass is 10.2. The highest BCUT2D eigenvalue weighted by Gasteiger charge is 2.18. The molecule has 0 saturated heterocycles. The van der Waals surface area contributed by atoms with E-state index in [0.717, 1.165) is 11.4 Å². The molecule has 0 fully saturated rings. The van der Waals surface area contributed by atoms with Gasteiger partial charge in [-0.1, -0.05) is 25.1 Å². The molecule has 1 aromatic carbocycles. The summed E-state index contributed by atoms with van der Waals surface area (Å²) in [6, 6.07) is 9.26. The van der Waals surface area contributed by atoms with Crippen molar-refractivity contribution in [1.29, 1.82) is 0 Å². The zero-order chi connectivity index (χ0) is 13.1. The second kappa shape index (κ2) is 4.91. The first-order valence-electron chi connectivity index (χ1n) is 5.81. The molecule has 0 spiro atoms. The summed E-state index contributed by atoms with van der Waals surface area (Å²) in [6.45, 7) is 1.96. The van der Waals surface area contributed by atoms with Gasteiger partial charge in [0.15, 0.2) is 0 Å². The second-order valence-corrected chi connectivity index (χ2v) is 4.01. The summed E-state index contributed by atoms with van der Waals surface area (Å²) in [4.78, 5) is 12.1. The summed E-state index contributed by atoms with van der Waals surface area (Å²) in [6.07, 6.45) is 0.707. The van der Waals surface area contributed by atoms with Gasteiger partial charge in [0.1, 0.15) is 5.69 Å². The Labute approximate surface area is 106 Å². The number of amides is 1. The number of nitrogens with one attached hydrogen (secondary N) is 1. The maximum absolute atomic E-state index is 12.1. The summed E-state index contributed by atoms with van der Waals surface area (Å²) >= 11 is 0. The van der Waals surface area contributed by atoms with Crippen LogP contribution in [0.1, 0.15) is 23.1 Å². The number of hydrogen-bond donors (Lipinski definition) is 2. The standard InChI is InChI=1S/C13H16N4O/c1-3-10-11(14)12(17(2)16-10)13(18)15-9-7-5-4-6-8-9/h4-8H,3,14H2,1-2H3,(H,15,18). The van der Waals surface area contributed by atoms with Crippen molar-refractivity contribution in [2.45, 2.75) is 13.3 Å². The third kappa shape index (κ3) is 2.20. The van der Waals surface area contributed by atoms with Gasteiger partial charge < -0.3 is 11.1 Å². The number of nitrogen functional groups attached to an aromatic ring is 1. The van der Waals surface area contributed by atoms with Crippen LogP contribution in [0.5, 0.6) is 0 Å². The Balaban J connectivity index is 2.27. The molecule has 0 radical (unpaired) electrons. The average molecular weight is 244 g/mol. The van der Waals surface area contributed by atoms with Crippen LogP contribution in [-0.2, 0) is 13.5 Å². The first kappa shape index (κ1) is 12.2. The molecule has 5 heteroatoms. The Morgan fingerprint density at radius 3 is 2.61 bits per heavy atom. The van der Waals surface area contributed by atoms with Crippen LogP contribution in [0.2, 0.25) is 0 Å². The molecule has 1 aromatic heterocycles. The van der Waals surface area contributed by atoms with Crippen molar-refractivity contribution >= 4 is 17.3 Å². The first-order valence-corrected chi connectivity index (χ1v) is 5.81. The predicted octanol–water partition coefficient (Wildman–Crippen LogP) is 1.82. The first-order chi connectivity index (χ1) is 8.63. The van der Waals surface area contributed by atoms with Crippen molar-refractivity contribution in [3.63, 3.8) is 0 Å². The fourth-order valence-electron chi connectivity index (χ4n) is 1.84. The fourth-order valence-corrected chi connectivity index (χ4v) is 1.84. The molecule has 5 nitrogen and oxygen atoms in total. The second-order valence-electron chi connectivity index (χ2n) is 4.01. The molecule has 0 unspecified atom stereocenters. The quantitative estimate of drug-likeness (QED) is 0.865. The molecular formula is C13H16N4O. The van der Waals surface area contributed by atoms with Gasteiger partial charge in [-0.3, -0.25) is 9.48 Å². The maximum Gasteiger partial charge on any atom is 0.276 e. The van der Waals surface area contributed by atoms with Crippen LogP contribution in [0, 0.1) is 0 Å². The summed E-state index contributed by atoms with van der Waals surface area (Å²) in [5.41, 5.74) is 8.26. The SMILES string of the molecule is CCc1nn(C)c(C(=O)Nc2ccccc2)c1N. The van der Waals surface area contributed by atoms with Gasteiger partial charge in [0.2, 0.25) is 0 Å². The third-order valence-corrected chi connectivity index (χ3v) is 2.74. The van der Waals surface area contributed by atoms with Gasteiger partial charge in [-0.05, 0) is 18.6 Å². The normalized spacial score (nSPS) is 10.3. The van der Waals surface area contributed by atoms with Gasteiger partial charge in [-0.25, -0.2) is 0 Å². The molecule has 0 aliphatic carbocycles. The Morgan fingerprint density at radius 2 is 2.06 bits per heavy atom. The molecule has 94 valence electrons. The number of benzene rings is 1. The third-order valence-electron chi connectivity index (χ3n) is 2.74. The molecule has 2 rings (SSSR count). The number of para-hydroxylation sites is 1. The summed E-state index contributed by atoms with van der Waals surface area (Å²) in [5.74, 6) is -0.242. The number of anilines is 2. The van der Waals surface area contributed by atoms with E-state index in [2.05, 4.69) is 10.4 Å². The van der Waals surface area contributed by atoms with E-state index in [-0.39, 0.29) is 5.91 Å². The van der Waals surface area contributed by atoms with Gasteiger partial charge in [-0.2, -0.15) is 5.10 Å². The molecule has 2 aromatic rings. The number of rotatable bonds is 3. The Kier molecular flexibility index (Phi) is 3.32. The van der Waals surface area contributed by atoms with Crippen molar-refractivity contribution in [2.24, 2.45) is 7.05 Å². The van der Waals surface area contributed by atoms with Crippen LogP contribution in [0.15, 0.2) is 30.3 Å². The minimum atomic E-state index is -0.242. The zero-order valence-electron chi connectivity index (χ0n) is 10.5. The number of hydrogen-bond acceptors (Lipinski definition) is 3. The van der Waals surface area contributed by atoms with E-state index in [9.17, 15) is 4.79 Å². The average Bonchev–Trinajstić information content (AvgIpc) is 2.65. The minimum absolute atomic E-state index is 0.242. The van der Waals surface area contributed by atoms with Crippen LogP contribution in [0.4, 0.5) is 11.4 Å². The van der Waals surface area contributed by atoms with E-state index in [1.165, 1.54) is 4.68 Å². The van der Waals surface area contributed by atoms with Crippen molar-refractivity contribution in [1.82, 2.24) is 9.78 Å². The minimum Gasteiger partial charge on any atom is -0.395 e. The highest BCUT2D eigenvalue weighted by atomic mass is 16.2. The van der Waals surface area contributed by atoms with E-state index in [0.29, 0.717) is 17.8 Å². The molecule has 18 heavy (non-hydrogen) atoms. The Hall–Kier alpha value is -2.30. The summed E-state index contributed by atoms with van der Waals surface area (Å²) < 4.78 is 1.52. The largest absolute Gasteiger partial charge is 0.395 e. The van der Waals surface area contributed by atoms with Crippen molar-refractivity contribution in [3.05, 3.63) is 41.7 Å². The van der Waals surface area contributed by atoms with Crippen LogP contribution >= 0.6 is 0 Å². The van der Waals surface area contributed by atoms with E-state index >= 15 is 0 Å². The van der Waals surface area contributed by atoms with E-state index in [4.69, 9.17) is 5.73 Å². The maximum atomic E-state index is 12.1. The Morgan fingerprint density at radius 1 is 1.39 bits per heavy atom. The molecule has 1 heterocycles. The van der Waals surface area contributed by atoms with Gasteiger partial charge in [0, 0.05) is 12.7 Å². The monoisotopic (exact) mass is 244 g/mol. The lowest BCUT2D eigenvalue weighted by Gasteiger charge is -2.05. The number of aryl methyl sites for hydroxylation is 2. The lowest BCUT2D eigenvalue weighted by molar-refractivity contribution is 0.101. The smallest absolute Gasteiger partial charge is 0.276 e. The van der Waals surface area contributed by atoms with Crippen LogP contribution in [0.25, 0.3) is 0 Å². The van der Waals surface area contributed by atoms with Gasteiger partial charge in [0.25, 0.3) is 5.91 Å². The number of carbonyl (C=O) groups is 1. The lowest BCUT2D eigenvalue weighted by Crippen LogP contribution is -2.17. The zero-order valence-corrected chi connectivity index (χ0v) is 10.5. The number of nitrogens with zero attached hydrogens (tertiary/aromatic N) is 2. The van der Waals surface area contributed by atoms with Crippen molar-refractivity contribution in [2.75, 3.05) is 11.1 Å². The van der Waals surface area contributed by atoms with Crippen LogP contribution in [-0.4, -0.2) is 15.7 Å². The highest BCUT2D eigenvalue weighted by Crippen LogP contribution is 2.18. The number of nitrogens with two attached hydrogens (primary N) is 1. The van der Waals surface area contributed by atoms with Crippen molar-refractivity contribution < 1.29 is 4.79 Å². The van der Waals surface area contributed by atoms with Gasteiger partial charge >= 0.3 is 0 Å². The molecule has 0 aliphatic heterocycles. The van der Waals surface area contributed by atoms with E-state index < -0.39 is 0 Å². The van der Waals surface area contributed by atoms with Crippen LogP contribution < -0.4 is 11.1 Å². The van der Waals surface area contributed by atoms with E-state index in [1.807, 2.05) is 37.3 Å². The molecule has 0 saturated carbocycles. The van der Waals surface area contributed by atoms with Crippen molar-refractivity contribution in [3.8, 4) is 0 Å². The summed E-state index contributed by atoms with van der Waals surface area (Å²) in [5, 5.41) is 7.02. The Bertz CT molecular complexity index is 560. The number of carbonyl (C=O) groups excluding carboxylic acids is 1. The molecular weight excluding hydrogens is 228 g/mol. The molecule has 0 bridgehead atoms. The fraction of sp³-hybridized carbons (Fsp3) is 0.231. The predicted molar refractivity (Wildman–Crippen MR) is 71.4 cm³/mol. The molecule has 3 N–H and O–H groups in total. The highest BCUT2D eigenvalue weighted by molar-refractivity contribution is 6.06. The molecule has 0 atom stereocenters. The van der Waals surface area contributed by atoms with E-state index in [1.54, 1.807) is 7.05 Å². The van der Waals surface area contributed by atoms with Gasteiger partial charge in [-0.15, -0.1) is 0 Å².